The average Bonchev–Trinajstić information content (AvgIpc) is 2.39. The molecule has 5 heteroatoms. The van der Waals surface area contributed by atoms with Gasteiger partial charge in [0, 0.05) is 14.1 Å². The summed E-state index contributed by atoms with van der Waals surface area (Å²) < 4.78 is 10.0. The van der Waals surface area contributed by atoms with E-state index in [1.807, 2.05) is 0 Å². The Morgan fingerprint density at radius 3 is 2.26 bits per heavy atom. The summed E-state index contributed by atoms with van der Waals surface area (Å²) in [5.41, 5.74) is 0.822. The zero-order chi connectivity index (χ0) is 14.4. The van der Waals surface area contributed by atoms with Crippen molar-refractivity contribution in [3.05, 3.63) is 29.8 Å². The summed E-state index contributed by atoms with van der Waals surface area (Å²) in [4.78, 5) is 24.3. The molecule has 0 aliphatic rings. The van der Waals surface area contributed by atoms with Crippen molar-refractivity contribution in [3.63, 3.8) is 0 Å². The summed E-state index contributed by atoms with van der Waals surface area (Å²) >= 11 is 0. The third-order valence-corrected chi connectivity index (χ3v) is 2.59. The van der Waals surface area contributed by atoms with Crippen LogP contribution in [0.1, 0.15) is 25.3 Å². The second-order valence-electron chi connectivity index (χ2n) is 4.31. The highest BCUT2D eigenvalue weighted by Crippen LogP contribution is 2.20. The van der Waals surface area contributed by atoms with Gasteiger partial charge in [0.1, 0.15) is 5.75 Å². The van der Waals surface area contributed by atoms with Crippen LogP contribution in [-0.2, 0) is 9.53 Å². The molecule has 19 heavy (non-hydrogen) atoms. The van der Waals surface area contributed by atoms with Gasteiger partial charge in [0.15, 0.2) is 0 Å². The van der Waals surface area contributed by atoms with Gasteiger partial charge in [-0.2, -0.15) is 0 Å². The fourth-order valence-electron chi connectivity index (χ4n) is 1.42. The van der Waals surface area contributed by atoms with Crippen molar-refractivity contribution in [2.75, 3.05) is 20.7 Å². The second kappa shape index (κ2) is 6.78. The minimum absolute atomic E-state index is 0.263. The van der Waals surface area contributed by atoms with Crippen molar-refractivity contribution in [1.82, 2.24) is 4.90 Å². The van der Waals surface area contributed by atoms with Crippen LogP contribution < -0.4 is 4.74 Å². The third-order valence-electron chi connectivity index (χ3n) is 2.59. The molecular formula is C14H19NO4. The number of hydrogen-bond acceptors (Lipinski definition) is 4. The zero-order valence-corrected chi connectivity index (χ0v) is 11.7. The fourth-order valence-corrected chi connectivity index (χ4v) is 1.42. The van der Waals surface area contributed by atoms with Gasteiger partial charge < -0.3 is 14.4 Å². The Bertz CT molecular complexity index is 439. The third kappa shape index (κ3) is 4.28. The minimum atomic E-state index is -0.439. The number of carbonyl (C=O) groups is 2. The molecule has 0 radical (unpaired) electrons. The molecule has 1 atom stereocenters. The molecular weight excluding hydrogens is 246 g/mol. The molecule has 0 saturated carbocycles. The number of carbonyl (C=O) groups excluding carboxylic acids is 2. The van der Waals surface area contributed by atoms with E-state index < -0.39 is 6.09 Å². The van der Waals surface area contributed by atoms with Gasteiger partial charge in [-0.05, 0) is 31.5 Å². The van der Waals surface area contributed by atoms with E-state index in [9.17, 15) is 9.59 Å². The molecule has 0 unspecified atom stereocenters. The summed E-state index contributed by atoms with van der Waals surface area (Å²) in [6.07, 6.45) is -0.439. The van der Waals surface area contributed by atoms with E-state index in [0.717, 1.165) is 5.56 Å². The van der Waals surface area contributed by atoms with Crippen LogP contribution in [0.15, 0.2) is 24.3 Å². The van der Waals surface area contributed by atoms with Gasteiger partial charge >= 0.3 is 12.1 Å². The highest BCUT2D eigenvalue weighted by molar-refractivity contribution is 5.77. The topological polar surface area (TPSA) is 55.8 Å². The highest BCUT2D eigenvalue weighted by atomic mass is 16.6. The maximum atomic E-state index is 11.6. The zero-order valence-electron chi connectivity index (χ0n) is 11.7. The van der Waals surface area contributed by atoms with Crippen molar-refractivity contribution < 1.29 is 19.1 Å². The number of rotatable bonds is 4. The molecule has 1 amide bonds. The number of amides is 1. The quantitative estimate of drug-likeness (QED) is 0.784. The lowest BCUT2D eigenvalue weighted by Gasteiger charge is -2.13. The molecule has 1 rings (SSSR count). The van der Waals surface area contributed by atoms with Crippen LogP contribution in [-0.4, -0.2) is 37.7 Å². The SMILES string of the molecule is CCOC(=O)[C@H](C)c1ccc(OC(=O)N(C)C)cc1. The first-order chi connectivity index (χ1) is 8.95. The number of nitrogens with zero attached hydrogens (tertiary/aromatic N) is 1. The van der Waals surface area contributed by atoms with Crippen LogP contribution >= 0.6 is 0 Å². The first kappa shape index (κ1) is 15.0. The summed E-state index contributed by atoms with van der Waals surface area (Å²) in [7, 11) is 3.22. The lowest BCUT2D eigenvalue weighted by Crippen LogP contribution is -2.25. The van der Waals surface area contributed by atoms with Crippen molar-refractivity contribution in [2.45, 2.75) is 19.8 Å². The maximum absolute atomic E-state index is 11.6. The maximum Gasteiger partial charge on any atom is 0.414 e. The summed E-state index contributed by atoms with van der Waals surface area (Å²) in [5, 5.41) is 0. The number of hydrogen-bond donors (Lipinski definition) is 0. The standard InChI is InChI=1S/C14H19NO4/c1-5-18-13(16)10(2)11-6-8-12(9-7-11)19-14(17)15(3)4/h6-10H,5H2,1-4H3/t10-/m1/s1. The minimum Gasteiger partial charge on any atom is -0.466 e. The van der Waals surface area contributed by atoms with E-state index in [0.29, 0.717) is 12.4 Å². The van der Waals surface area contributed by atoms with Crippen LogP contribution in [0.5, 0.6) is 5.75 Å². The predicted octanol–water partition coefficient (Wildman–Crippen LogP) is 2.41. The van der Waals surface area contributed by atoms with Gasteiger partial charge in [-0.1, -0.05) is 12.1 Å². The fraction of sp³-hybridized carbons (Fsp3) is 0.429. The number of esters is 1. The molecule has 0 aromatic heterocycles. The van der Waals surface area contributed by atoms with Gasteiger partial charge in [0.05, 0.1) is 12.5 Å². The Kier molecular flexibility index (Phi) is 5.36. The van der Waals surface area contributed by atoms with Crippen molar-refractivity contribution in [1.29, 1.82) is 0 Å². The Morgan fingerprint density at radius 1 is 1.21 bits per heavy atom. The molecule has 5 nitrogen and oxygen atoms in total. The Balaban J connectivity index is 2.71. The van der Waals surface area contributed by atoms with E-state index in [4.69, 9.17) is 9.47 Å². The van der Waals surface area contributed by atoms with Gasteiger partial charge in [-0.15, -0.1) is 0 Å². The summed E-state index contributed by atoms with van der Waals surface area (Å²) in [5.74, 6) is -0.155. The number of ether oxygens (including phenoxy) is 2. The highest BCUT2D eigenvalue weighted by Gasteiger charge is 2.16. The summed E-state index contributed by atoms with van der Waals surface area (Å²) in [6.45, 7) is 3.91. The van der Waals surface area contributed by atoms with Crippen LogP contribution in [0.25, 0.3) is 0 Å². The van der Waals surface area contributed by atoms with E-state index in [-0.39, 0.29) is 11.9 Å². The van der Waals surface area contributed by atoms with E-state index in [2.05, 4.69) is 0 Å². The monoisotopic (exact) mass is 265 g/mol. The summed E-state index contributed by atoms with van der Waals surface area (Å²) in [6, 6.07) is 6.82. The Morgan fingerprint density at radius 2 is 1.79 bits per heavy atom. The second-order valence-corrected chi connectivity index (χ2v) is 4.31. The molecule has 0 N–H and O–H groups in total. The first-order valence-electron chi connectivity index (χ1n) is 6.11. The Hall–Kier alpha value is -2.04. The van der Waals surface area contributed by atoms with Crippen LogP contribution in [0.2, 0.25) is 0 Å². The smallest absolute Gasteiger partial charge is 0.414 e. The normalized spacial score (nSPS) is 11.6. The van der Waals surface area contributed by atoms with Crippen molar-refractivity contribution in [2.24, 2.45) is 0 Å². The molecule has 0 spiro atoms. The average molecular weight is 265 g/mol. The predicted molar refractivity (Wildman–Crippen MR) is 71.2 cm³/mol. The lowest BCUT2D eigenvalue weighted by atomic mass is 10.0. The van der Waals surface area contributed by atoms with Crippen LogP contribution in [0.3, 0.4) is 0 Å². The van der Waals surface area contributed by atoms with Crippen molar-refractivity contribution >= 4 is 12.1 Å². The van der Waals surface area contributed by atoms with E-state index >= 15 is 0 Å². The van der Waals surface area contributed by atoms with Gasteiger partial charge in [0.2, 0.25) is 0 Å². The molecule has 0 bridgehead atoms. The van der Waals surface area contributed by atoms with Crippen molar-refractivity contribution in [3.8, 4) is 5.75 Å². The number of benzene rings is 1. The molecule has 0 fully saturated rings. The van der Waals surface area contributed by atoms with Crippen LogP contribution in [0, 0.1) is 0 Å². The van der Waals surface area contributed by atoms with Gasteiger partial charge in [-0.25, -0.2) is 4.79 Å². The molecule has 1 aromatic rings. The molecule has 1 aromatic carbocycles. The molecule has 0 aliphatic heterocycles. The molecule has 0 heterocycles. The molecule has 0 saturated heterocycles. The largest absolute Gasteiger partial charge is 0.466 e. The van der Waals surface area contributed by atoms with Gasteiger partial charge in [0.25, 0.3) is 0 Å². The van der Waals surface area contributed by atoms with Gasteiger partial charge in [-0.3, -0.25) is 4.79 Å². The Labute approximate surface area is 113 Å². The molecule has 104 valence electrons. The van der Waals surface area contributed by atoms with Crippen LogP contribution in [0.4, 0.5) is 4.79 Å². The molecule has 0 aliphatic carbocycles. The van der Waals surface area contributed by atoms with E-state index in [1.54, 1.807) is 52.2 Å². The van der Waals surface area contributed by atoms with E-state index in [1.165, 1.54) is 4.90 Å². The first-order valence-corrected chi connectivity index (χ1v) is 6.11. The lowest BCUT2D eigenvalue weighted by molar-refractivity contribution is -0.144.